The molecule has 0 bridgehead atoms. The van der Waals surface area contributed by atoms with Crippen LogP contribution in [-0.2, 0) is 17.9 Å². The number of benzene rings is 1. The van der Waals surface area contributed by atoms with Crippen LogP contribution in [0.4, 0.5) is 0 Å². The fourth-order valence-corrected chi connectivity index (χ4v) is 4.42. The molecule has 0 saturated heterocycles. The van der Waals surface area contributed by atoms with Crippen LogP contribution in [0.1, 0.15) is 5.56 Å². The molecule has 0 fully saturated rings. The van der Waals surface area contributed by atoms with Gasteiger partial charge in [0, 0.05) is 22.4 Å². The van der Waals surface area contributed by atoms with Crippen molar-refractivity contribution in [2.75, 3.05) is 0 Å². The van der Waals surface area contributed by atoms with Crippen LogP contribution in [0.2, 0.25) is 0 Å². The molecule has 1 N–H and O–H groups in total. The Morgan fingerprint density at radius 1 is 1.12 bits per heavy atom. The quantitative estimate of drug-likeness (QED) is 0.575. The molecule has 0 saturated carbocycles. The van der Waals surface area contributed by atoms with Crippen LogP contribution in [0.5, 0.6) is 0 Å². The van der Waals surface area contributed by atoms with Gasteiger partial charge in [0.15, 0.2) is 0 Å². The molecule has 3 aromatic heterocycles. The molecule has 0 aliphatic carbocycles. The zero-order valence-corrected chi connectivity index (χ0v) is 15.3. The standard InChI is InChI=1S/C19H15N3O2S2/c23-16(20-9-13-5-2-1-3-6-13)10-22-12-21-18-17(19(22)24)14(11-26-18)15-7-4-8-25-15/h1-8,11-12H,9-10H2,(H,20,23). The zero-order chi connectivity index (χ0) is 17.9. The maximum atomic E-state index is 12.9. The first kappa shape index (κ1) is 16.7. The van der Waals surface area contributed by atoms with Gasteiger partial charge in [0.2, 0.25) is 5.91 Å². The van der Waals surface area contributed by atoms with Gasteiger partial charge in [-0.15, -0.1) is 22.7 Å². The zero-order valence-electron chi connectivity index (χ0n) is 13.7. The highest BCUT2D eigenvalue weighted by atomic mass is 32.1. The van der Waals surface area contributed by atoms with Crippen LogP contribution >= 0.6 is 22.7 Å². The summed E-state index contributed by atoms with van der Waals surface area (Å²) in [5, 5.41) is 7.34. The van der Waals surface area contributed by atoms with E-state index < -0.39 is 0 Å². The Morgan fingerprint density at radius 2 is 1.96 bits per heavy atom. The first-order valence-corrected chi connectivity index (χ1v) is 9.79. The van der Waals surface area contributed by atoms with Crippen molar-refractivity contribution in [3.63, 3.8) is 0 Å². The fourth-order valence-electron chi connectivity index (χ4n) is 2.70. The largest absolute Gasteiger partial charge is 0.350 e. The number of carbonyl (C=O) groups excluding carboxylic acids is 1. The van der Waals surface area contributed by atoms with Gasteiger partial charge in [0.05, 0.1) is 11.7 Å². The molecule has 0 atom stereocenters. The van der Waals surface area contributed by atoms with Crippen molar-refractivity contribution >= 4 is 38.8 Å². The lowest BCUT2D eigenvalue weighted by atomic mass is 10.2. The van der Waals surface area contributed by atoms with Gasteiger partial charge in [0.1, 0.15) is 11.4 Å². The lowest BCUT2D eigenvalue weighted by Crippen LogP contribution is -2.32. The van der Waals surface area contributed by atoms with Crippen molar-refractivity contribution in [2.24, 2.45) is 0 Å². The Balaban J connectivity index is 1.57. The van der Waals surface area contributed by atoms with Gasteiger partial charge in [-0.05, 0) is 17.0 Å². The molecular weight excluding hydrogens is 366 g/mol. The molecule has 26 heavy (non-hydrogen) atoms. The van der Waals surface area contributed by atoms with Crippen LogP contribution in [0.3, 0.4) is 0 Å². The van der Waals surface area contributed by atoms with E-state index in [1.807, 2.05) is 53.2 Å². The molecule has 0 unspecified atom stereocenters. The Bertz CT molecular complexity index is 1100. The van der Waals surface area contributed by atoms with E-state index in [1.165, 1.54) is 22.2 Å². The number of rotatable bonds is 5. The van der Waals surface area contributed by atoms with Gasteiger partial charge in [0.25, 0.3) is 5.56 Å². The molecule has 3 heterocycles. The van der Waals surface area contributed by atoms with Crippen molar-refractivity contribution in [2.45, 2.75) is 13.1 Å². The molecule has 4 rings (SSSR count). The molecule has 0 radical (unpaired) electrons. The van der Waals surface area contributed by atoms with E-state index >= 15 is 0 Å². The van der Waals surface area contributed by atoms with Crippen LogP contribution in [-0.4, -0.2) is 15.5 Å². The van der Waals surface area contributed by atoms with Crippen molar-refractivity contribution in [1.82, 2.24) is 14.9 Å². The molecule has 0 aliphatic heterocycles. The molecule has 4 aromatic rings. The van der Waals surface area contributed by atoms with E-state index in [0.717, 1.165) is 16.0 Å². The number of amides is 1. The van der Waals surface area contributed by atoms with E-state index in [1.54, 1.807) is 11.3 Å². The predicted octanol–water partition coefficient (Wildman–Crippen LogP) is 3.50. The molecular formula is C19H15N3O2S2. The number of thiophene rings is 2. The second kappa shape index (κ2) is 7.23. The molecule has 130 valence electrons. The summed E-state index contributed by atoms with van der Waals surface area (Å²) in [7, 11) is 0. The predicted molar refractivity (Wildman–Crippen MR) is 105 cm³/mol. The number of carbonyl (C=O) groups is 1. The SMILES string of the molecule is O=C(Cn1cnc2scc(-c3cccs3)c2c1=O)NCc1ccccc1. The summed E-state index contributed by atoms with van der Waals surface area (Å²) in [6, 6.07) is 13.6. The Morgan fingerprint density at radius 3 is 2.73 bits per heavy atom. The third kappa shape index (κ3) is 3.31. The topological polar surface area (TPSA) is 64.0 Å². The number of hydrogen-bond donors (Lipinski definition) is 1. The van der Waals surface area contributed by atoms with E-state index in [2.05, 4.69) is 10.3 Å². The molecule has 0 spiro atoms. The fraction of sp³-hybridized carbons (Fsp3) is 0.105. The first-order chi connectivity index (χ1) is 12.7. The Kier molecular flexibility index (Phi) is 4.64. The highest BCUT2D eigenvalue weighted by Gasteiger charge is 2.15. The average Bonchev–Trinajstić information content (AvgIpc) is 3.32. The maximum Gasteiger partial charge on any atom is 0.263 e. The third-order valence-corrected chi connectivity index (χ3v) is 5.78. The third-order valence-electron chi connectivity index (χ3n) is 3.99. The van der Waals surface area contributed by atoms with Crippen molar-refractivity contribution in [3.05, 3.63) is 75.5 Å². The van der Waals surface area contributed by atoms with Crippen molar-refractivity contribution in [3.8, 4) is 10.4 Å². The van der Waals surface area contributed by atoms with Gasteiger partial charge in [-0.1, -0.05) is 36.4 Å². The molecule has 1 aromatic carbocycles. The van der Waals surface area contributed by atoms with Crippen molar-refractivity contribution in [1.29, 1.82) is 0 Å². The Hall–Kier alpha value is -2.77. The summed E-state index contributed by atoms with van der Waals surface area (Å²) in [6.07, 6.45) is 1.45. The van der Waals surface area contributed by atoms with Crippen LogP contribution in [0, 0.1) is 0 Å². The Labute approximate surface area is 157 Å². The normalized spacial score (nSPS) is 10.9. The van der Waals surface area contributed by atoms with E-state index in [-0.39, 0.29) is 18.0 Å². The van der Waals surface area contributed by atoms with Gasteiger partial charge < -0.3 is 5.32 Å². The smallest absolute Gasteiger partial charge is 0.263 e. The minimum absolute atomic E-state index is 0.0473. The summed E-state index contributed by atoms with van der Waals surface area (Å²) in [5.41, 5.74) is 1.71. The summed E-state index contributed by atoms with van der Waals surface area (Å²) in [5.74, 6) is -0.218. The highest BCUT2D eigenvalue weighted by molar-refractivity contribution is 7.18. The van der Waals surface area contributed by atoms with Gasteiger partial charge in [-0.3, -0.25) is 14.2 Å². The highest BCUT2D eigenvalue weighted by Crippen LogP contribution is 2.33. The maximum absolute atomic E-state index is 12.9. The number of nitrogens with one attached hydrogen (secondary N) is 1. The lowest BCUT2D eigenvalue weighted by Gasteiger charge is -2.07. The van der Waals surface area contributed by atoms with Crippen LogP contribution < -0.4 is 10.9 Å². The monoisotopic (exact) mass is 381 g/mol. The first-order valence-electron chi connectivity index (χ1n) is 8.03. The molecule has 7 heteroatoms. The van der Waals surface area contributed by atoms with Gasteiger partial charge in [-0.25, -0.2) is 4.98 Å². The molecule has 0 aliphatic rings. The van der Waals surface area contributed by atoms with E-state index in [0.29, 0.717) is 16.8 Å². The van der Waals surface area contributed by atoms with Gasteiger partial charge >= 0.3 is 0 Å². The van der Waals surface area contributed by atoms with Gasteiger partial charge in [-0.2, -0.15) is 0 Å². The van der Waals surface area contributed by atoms with Crippen LogP contribution in [0.25, 0.3) is 20.7 Å². The number of fused-ring (bicyclic) bond motifs is 1. The van der Waals surface area contributed by atoms with E-state index in [9.17, 15) is 9.59 Å². The number of hydrogen-bond acceptors (Lipinski definition) is 5. The molecule has 1 amide bonds. The number of aromatic nitrogens is 2. The summed E-state index contributed by atoms with van der Waals surface area (Å²) in [4.78, 5) is 31.2. The summed E-state index contributed by atoms with van der Waals surface area (Å²) < 4.78 is 1.37. The minimum Gasteiger partial charge on any atom is -0.350 e. The average molecular weight is 381 g/mol. The van der Waals surface area contributed by atoms with E-state index in [4.69, 9.17) is 0 Å². The minimum atomic E-state index is -0.218. The summed E-state index contributed by atoms with van der Waals surface area (Å²) in [6.45, 7) is 0.386. The van der Waals surface area contributed by atoms with Crippen LogP contribution in [0.15, 0.2) is 64.3 Å². The lowest BCUT2D eigenvalue weighted by molar-refractivity contribution is -0.121. The second-order valence-electron chi connectivity index (χ2n) is 5.75. The number of nitrogens with zero attached hydrogens (tertiary/aromatic N) is 2. The summed E-state index contributed by atoms with van der Waals surface area (Å²) >= 11 is 3.02. The molecule has 5 nitrogen and oxygen atoms in total. The van der Waals surface area contributed by atoms with Crippen molar-refractivity contribution < 1.29 is 4.79 Å². The second-order valence-corrected chi connectivity index (χ2v) is 7.55.